The molecule has 0 saturated carbocycles. The fourth-order valence-corrected chi connectivity index (χ4v) is 4.63. The molecule has 0 atom stereocenters. The van der Waals surface area contributed by atoms with E-state index in [2.05, 4.69) is 15.3 Å². The maximum atomic E-state index is 13.4. The summed E-state index contributed by atoms with van der Waals surface area (Å²) in [5, 5.41) is 8.26. The molecule has 10 nitrogen and oxygen atoms in total. The second kappa shape index (κ2) is 10.4. The Bertz CT molecular complexity index is 1650. The molecule has 0 aliphatic heterocycles. The van der Waals surface area contributed by atoms with E-state index in [0.717, 1.165) is 11.8 Å². The maximum Gasteiger partial charge on any atom is 0.238 e. The van der Waals surface area contributed by atoms with Crippen LogP contribution in [-0.4, -0.2) is 57.4 Å². The van der Waals surface area contributed by atoms with Crippen LogP contribution in [0, 0.1) is 5.82 Å². The van der Waals surface area contributed by atoms with Crippen molar-refractivity contribution in [3.8, 4) is 11.3 Å². The summed E-state index contributed by atoms with van der Waals surface area (Å²) in [4.78, 5) is 15.5. The summed E-state index contributed by atoms with van der Waals surface area (Å²) >= 11 is 0. The molecule has 194 valence electrons. The Hall–Kier alpha value is -3.68. The van der Waals surface area contributed by atoms with Crippen LogP contribution in [0.5, 0.6) is 0 Å². The third-order valence-corrected chi connectivity index (χ3v) is 7.38. The first-order chi connectivity index (χ1) is 17.4. The fourth-order valence-electron chi connectivity index (χ4n) is 3.51. The molecule has 4 aromatic rings. The van der Waals surface area contributed by atoms with Crippen LogP contribution in [0.4, 0.5) is 16.2 Å². The average molecular weight is 545 g/mol. The molecule has 0 saturated heterocycles. The number of anilines is 2. The lowest BCUT2D eigenvalue weighted by atomic mass is 10.1. The van der Waals surface area contributed by atoms with Gasteiger partial charge >= 0.3 is 0 Å². The van der Waals surface area contributed by atoms with Gasteiger partial charge in [-0.3, -0.25) is 0 Å². The fraction of sp³-hybridized carbons (Fsp3) is 0.208. The zero-order chi connectivity index (χ0) is 26.8. The number of nitrogens with zero attached hydrogens (tertiary/aromatic N) is 4. The normalized spacial score (nSPS) is 12.0. The van der Waals surface area contributed by atoms with Gasteiger partial charge < -0.3 is 10.2 Å². The molecule has 2 aromatic carbocycles. The number of sulfonamides is 1. The van der Waals surface area contributed by atoms with Gasteiger partial charge in [0.2, 0.25) is 16.0 Å². The summed E-state index contributed by atoms with van der Waals surface area (Å²) in [7, 11) is -5.28. The van der Waals surface area contributed by atoms with Crippen LogP contribution >= 0.6 is 0 Å². The van der Waals surface area contributed by atoms with E-state index in [1.165, 1.54) is 24.3 Å². The molecule has 13 heteroatoms. The van der Waals surface area contributed by atoms with E-state index < -0.39 is 19.9 Å². The molecular weight excluding hydrogens is 519 g/mol. The number of benzene rings is 2. The lowest BCUT2D eigenvalue weighted by Gasteiger charge is -2.20. The number of hydrogen-bond acceptors (Lipinski definition) is 9. The zero-order valence-corrected chi connectivity index (χ0v) is 21.7. The zero-order valence-electron chi connectivity index (χ0n) is 20.1. The molecule has 4 rings (SSSR count). The number of aromatic nitrogens is 3. The van der Waals surface area contributed by atoms with Crippen molar-refractivity contribution in [1.29, 1.82) is 0 Å². The minimum absolute atomic E-state index is 0.0102. The van der Waals surface area contributed by atoms with Gasteiger partial charge in [-0.15, -0.1) is 0 Å². The second-order valence-electron chi connectivity index (χ2n) is 8.54. The van der Waals surface area contributed by atoms with Crippen molar-refractivity contribution in [3.63, 3.8) is 0 Å². The second-order valence-corrected chi connectivity index (χ2v) is 12.4. The van der Waals surface area contributed by atoms with Gasteiger partial charge in [0, 0.05) is 32.0 Å². The molecule has 0 amide bonds. The van der Waals surface area contributed by atoms with Gasteiger partial charge in [-0.05, 0) is 54.1 Å². The van der Waals surface area contributed by atoms with E-state index in [0.29, 0.717) is 34.7 Å². The van der Waals surface area contributed by atoms with Crippen LogP contribution in [0.25, 0.3) is 22.3 Å². The first-order valence-corrected chi connectivity index (χ1v) is 14.7. The minimum Gasteiger partial charge on any atom is -0.357 e. The van der Waals surface area contributed by atoms with Gasteiger partial charge in [-0.25, -0.2) is 36.3 Å². The van der Waals surface area contributed by atoms with Crippen LogP contribution < -0.4 is 15.4 Å². The molecule has 0 spiro atoms. The third-order valence-electron chi connectivity index (χ3n) is 5.53. The van der Waals surface area contributed by atoms with E-state index in [4.69, 9.17) is 10.1 Å². The number of pyridine rings is 1. The van der Waals surface area contributed by atoms with Crippen molar-refractivity contribution in [1.82, 2.24) is 15.0 Å². The Balaban J connectivity index is 1.68. The maximum absolute atomic E-state index is 13.4. The summed E-state index contributed by atoms with van der Waals surface area (Å²) in [5.74, 6) is 0.264. The lowest BCUT2D eigenvalue weighted by Crippen LogP contribution is -2.26. The van der Waals surface area contributed by atoms with E-state index in [9.17, 15) is 21.2 Å². The van der Waals surface area contributed by atoms with E-state index >= 15 is 0 Å². The Morgan fingerprint density at radius 2 is 1.59 bits per heavy atom. The highest BCUT2D eigenvalue weighted by Gasteiger charge is 2.16. The topological polar surface area (TPSA) is 148 Å². The van der Waals surface area contributed by atoms with E-state index in [-0.39, 0.29) is 29.0 Å². The Kier molecular flexibility index (Phi) is 7.39. The van der Waals surface area contributed by atoms with Crippen LogP contribution in [-0.2, 0) is 26.4 Å². The van der Waals surface area contributed by atoms with Gasteiger partial charge in [0.1, 0.15) is 21.2 Å². The number of fused-ring (bicyclic) bond motifs is 1. The lowest BCUT2D eigenvalue weighted by molar-refractivity contribution is 0.597. The molecule has 0 aliphatic carbocycles. The van der Waals surface area contributed by atoms with Gasteiger partial charge in [-0.1, -0.05) is 12.1 Å². The first-order valence-electron chi connectivity index (χ1n) is 11.1. The molecule has 0 aliphatic rings. The summed E-state index contributed by atoms with van der Waals surface area (Å²) in [5.41, 5.74) is 3.05. The van der Waals surface area contributed by atoms with Crippen LogP contribution in [0.15, 0.2) is 65.6 Å². The van der Waals surface area contributed by atoms with Crippen molar-refractivity contribution in [2.24, 2.45) is 5.14 Å². The molecule has 2 heterocycles. The van der Waals surface area contributed by atoms with Crippen molar-refractivity contribution in [2.75, 3.05) is 35.8 Å². The number of nitrogens with two attached hydrogens (primary N) is 1. The van der Waals surface area contributed by atoms with Crippen LogP contribution in [0.3, 0.4) is 0 Å². The standard InChI is InChI=1S/C24H25FN6O4S2/c1-31(13-14-36(2,32)33)23-22-21(12-11-20(28-22)17-5-7-18(25)8-6-17)29-24(30-23)27-15-16-3-9-19(10-4-16)37(26,34)35/h3-12H,13-15H2,1-2H3,(H2,26,34,35)(H,27,29,30). The highest BCUT2D eigenvalue weighted by Crippen LogP contribution is 2.27. The van der Waals surface area contributed by atoms with Crippen molar-refractivity contribution in [3.05, 3.63) is 72.0 Å². The Morgan fingerprint density at radius 3 is 2.22 bits per heavy atom. The van der Waals surface area contributed by atoms with Crippen LogP contribution in [0.2, 0.25) is 0 Å². The Morgan fingerprint density at radius 1 is 0.919 bits per heavy atom. The molecule has 0 radical (unpaired) electrons. The predicted molar refractivity (Wildman–Crippen MR) is 141 cm³/mol. The van der Waals surface area contributed by atoms with Gasteiger partial charge in [0.05, 0.1) is 21.9 Å². The molecule has 37 heavy (non-hydrogen) atoms. The molecule has 0 unspecified atom stereocenters. The third kappa shape index (κ3) is 6.76. The summed E-state index contributed by atoms with van der Waals surface area (Å²) in [6.45, 7) is 0.478. The predicted octanol–water partition coefficient (Wildman–Crippen LogP) is 2.57. The minimum atomic E-state index is -3.79. The smallest absolute Gasteiger partial charge is 0.238 e. The number of primary sulfonamides is 1. The summed E-state index contributed by atoms with van der Waals surface area (Å²) < 4.78 is 59.8. The quantitative estimate of drug-likeness (QED) is 0.324. The molecule has 3 N–H and O–H groups in total. The first kappa shape index (κ1) is 26.4. The van der Waals surface area contributed by atoms with Crippen LogP contribution in [0.1, 0.15) is 5.56 Å². The van der Waals surface area contributed by atoms with Gasteiger partial charge in [0.25, 0.3) is 0 Å². The molecule has 2 aromatic heterocycles. The number of rotatable bonds is 9. The van der Waals surface area contributed by atoms with Gasteiger partial charge in [-0.2, -0.15) is 4.98 Å². The van der Waals surface area contributed by atoms with Gasteiger partial charge in [0.15, 0.2) is 5.82 Å². The van der Waals surface area contributed by atoms with Crippen molar-refractivity contribution >= 4 is 42.7 Å². The average Bonchev–Trinajstić information content (AvgIpc) is 2.85. The van der Waals surface area contributed by atoms with E-state index in [1.54, 1.807) is 48.3 Å². The number of sulfone groups is 1. The van der Waals surface area contributed by atoms with Crippen molar-refractivity contribution in [2.45, 2.75) is 11.4 Å². The van der Waals surface area contributed by atoms with Crippen molar-refractivity contribution < 1.29 is 21.2 Å². The summed E-state index contributed by atoms with van der Waals surface area (Å²) in [6, 6.07) is 15.5. The SMILES string of the molecule is CN(CCS(C)(=O)=O)c1nc(NCc2ccc(S(N)(=O)=O)cc2)nc2ccc(-c3ccc(F)cc3)nc12. The largest absolute Gasteiger partial charge is 0.357 e. The highest BCUT2D eigenvalue weighted by molar-refractivity contribution is 7.90. The van der Waals surface area contributed by atoms with E-state index in [1.807, 2.05) is 0 Å². The number of hydrogen-bond donors (Lipinski definition) is 2. The molecular formula is C24H25FN6O4S2. The Labute approximate surface area is 214 Å². The highest BCUT2D eigenvalue weighted by atomic mass is 32.2. The number of halogens is 1. The molecule has 0 fully saturated rings. The number of nitrogens with one attached hydrogen (secondary N) is 1. The monoisotopic (exact) mass is 544 g/mol. The summed E-state index contributed by atoms with van der Waals surface area (Å²) in [6.07, 6.45) is 1.16. The molecule has 0 bridgehead atoms.